The van der Waals surface area contributed by atoms with Crippen LogP contribution >= 0.6 is 11.6 Å². The Morgan fingerprint density at radius 2 is 1.85 bits per heavy atom. The third-order valence-corrected chi connectivity index (χ3v) is 5.23. The van der Waals surface area contributed by atoms with Crippen LogP contribution in [0, 0.1) is 5.92 Å². The number of nitrogens with zero attached hydrogens (tertiary/aromatic N) is 1. The molecule has 3 aliphatic heterocycles. The normalized spacial score (nSPS) is 31.1. The summed E-state index contributed by atoms with van der Waals surface area (Å²) in [4.78, 5) is 14.9. The Balaban J connectivity index is 1.76. The molecule has 4 heteroatoms. The van der Waals surface area contributed by atoms with Gasteiger partial charge in [-0.2, -0.15) is 0 Å². The summed E-state index contributed by atoms with van der Waals surface area (Å²) >= 11 is 5.87. The molecule has 3 saturated heterocycles. The lowest BCUT2D eigenvalue weighted by molar-refractivity contribution is -0.0378. The van der Waals surface area contributed by atoms with Gasteiger partial charge in [0.1, 0.15) is 0 Å². The number of amides is 1. The van der Waals surface area contributed by atoms with E-state index in [-0.39, 0.29) is 17.5 Å². The third kappa shape index (κ3) is 2.33. The standard InChI is InChI=1S/C16H21ClN2O/c1-16(2)14(11-7-9-19(16)10-8-11)18-15(20)12-3-5-13(17)6-4-12/h3-6,11,14H,7-10H2,1-2H3,(H,18,20)/t14-/m1/s1. The second kappa shape index (κ2) is 5.05. The summed E-state index contributed by atoms with van der Waals surface area (Å²) in [5.41, 5.74) is 0.727. The van der Waals surface area contributed by atoms with E-state index in [0.717, 1.165) is 13.1 Å². The average molecular weight is 293 g/mol. The molecule has 1 aromatic rings. The molecule has 2 bridgehead atoms. The summed E-state index contributed by atoms with van der Waals surface area (Å²) in [6, 6.07) is 7.32. The van der Waals surface area contributed by atoms with Crippen molar-refractivity contribution in [2.75, 3.05) is 13.1 Å². The average Bonchev–Trinajstić information content (AvgIpc) is 2.44. The van der Waals surface area contributed by atoms with Crippen LogP contribution in [-0.2, 0) is 0 Å². The lowest BCUT2D eigenvalue weighted by Gasteiger charge is -2.56. The van der Waals surface area contributed by atoms with E-state index in [1.165, 1.54) is 12.8 Å². The quantitative estimate of drug-likeness (QED) is 0.909. The first-order chi connectivity index (χ1) is 9.48. The van der Waals surface area contributed by atoms with Crippen LogP contribution in [0.25, 0.3) is 0 Å². The Morgan fingerprint density at radius 1 is 1.25 bits per heavy atom. The Labute approximate surface area is 125 Å². The Morgan fingerprint density at radius 3 is 2.40 bits per heavy atom. The topological polar surface area (TPSA) is 32.3 Å². The molecule has 3 fully saturated rings. The van der Waals surface area contributed by atoms with E-state index in [0.29, 0.717) is 16.5 Å². The van der Waals surface area contributed by atoms with Crippen molar-refractivity contribution >= 4 is 17.5 Å². The van der Waals surface area contributed by atoms with E-state index < -0.39 is 0 Å². The van der Waals surface area contributed by atoms with Gasteiger partial charge in [-0.05, 0) is 70.0 Å². The number of halogens is 1. The van der Waals surface area contributed by atoms with E-state index in [2.05, 4.69) is 24.1 Å². The van der Waals surface area contributed by atoms with Gasteiger partial charge in [-0.15, -0.1) is 0 Å². The van der Waals surface area contributed by atoms with Gasteiger partial charge in [0.05, 0.1) is 0 Å². The van der Waals surface area contributed by atoms with Crippen molar-refractivity contribution < 1.29 is 4.79 Å². The summed E-state index contributed by atoms with van der Waals surface area (Å²) < 4.78 is 0. The molecule has 1 atom stereocenters. The molecule has 3 nitrogen and oxygen atoms in total. The molecule has 3 heterocycles. The van der Waals surface area contributed by atoms with Crippen molar-refractivity contribution in [3.63, 3.8) is 0 Å². The molecule has 3 aliphatic rings. The van der Waals surface area contributed by atoms with Crippen LogP contribution in [0.15, 0.2) is 24.3 Å². The van der Waals surface area contributed by atoms with Gasteiger partial charge in [0.25, 0.3) is 5.91 Å². The maximum atomic E-state index is 12.4. The zero-order valence-corrected chi connectivity index (χ0v) is 12.8. The number of nitrogens with one attached hydrogen (secondary N) is 1. The van der Waals surface area contributed by atoms with Crippen molar-refractivity contribution in [1.29, 1.82) is 0 Å². The van der Waals surface area contributed by atoms with Crippen LogP contribution in [0.1, 0.15) is 37.0 Å². The molecule has 1 amide bonds. The molecule has 108 valence electrons. The van der Waals surface area contributed by atoms with E-state index in [1.807, 2.05) is 0 Å². The van der Waals surface area contributed by atoms with Gasteiger partial charge in [0, 0.05) is 22.2 Å². The summed E-state index contributed by atoms with van der Waals surface area (Å²) in [6.45, 7) is 6.80. The van der Waals surface area contributed by atoms with E-state index in [4.69, 9.17) is 11.6 Å². The minimum atomic E-state index is 0.00786. The maximum Gasteiger partial charge on any atom is 0.251 e. The zero-order chi connectivity index (χ0) is 14.3. The molecule has 0 saturated carbocycles. The lowest BCUT2D eigenvalue weighted by atomic mass is 9.72. The Hall–Kier alpha value is -1.06. The summed E-state index contributed by atoms with van der Waals surface area (Å²) in [5.74, 6) is 0.611. The Bertz CT molecular complexity index is 504. The summed E-state index contributed by atoms with van der Waals surface area (Å²) in [6.07, 6.45) is 2.38. The molecule has 0 unspecified atom stereocenters. The number of rotatable bonds is 2. The van der Waals surface area contributed by atoms with Crippen molar-refractivity contribution in [3.05, 3.63) is 34.9 Å². The fourth-order valence-corrected chi connectivity index (χ4v) is 3.83. The van der Waals surface area contributed by atoms with Gasteiger partial charge < -0.3 is 5.32 Å². The third-order valence-electron chi connectivity index (χ3n) is 4.98. The second-order valence-electron chi connectivity index (χ2n) is 6.44. The van der Waals surface area contributed by atoms with Crippen molar-refractivity contribution in [2.24, 2.45) is 5.92 Å². The highest BCUT2D eigenvalue weighted by atomic mass is 35.5. The minimum Gasteiger partial charge on any atom is -0.347 e. The molecule has 20 heavy (non-hydrogen) atoms. The number of benzene rings is 1. The second-order valence-corrected chi connectivity index (χ2v) is 6.87. The maximum absolute atomic E-state index is 12.4. The fraction of sp³-hybridized carbons (Fsp3) is 0.562. The van der Waals surface area contributed by atoms with Crippen LogP contribution in [0.2, 0.25) is 5.02 Å². The molecular weight excluding hydrogens is 272 g/mol. The van der Waals surface area contributed by atoms with Crippen LogP contribution in [0.5, 0.6) is 0 Å². The van der Waals surface area contributed by atoms with Crippen LogP contribution in [-0.4, -0.2) is 35.5 Å². The van der Waals surface area contributed by atoms with Crippen molar-refractivity contribution in [3.8, 4) is 0 Å². The number of hydrogen-bond donors (Lipinski definition) is 1. The van der Waals surface area contributed by atoms with Gasteiger partial charge in [-0.3, -0.25) is 9.69 Å². The van der Waals surface area contributed by atoms with Gasteiger partial charge in [-0.1, -0.05) is 11.6 Å². The Kier molecular flexibility index (Phi) is 3.51. The monoisotopic (exact) mass is 292 g/mol. The fourth-order valence-electron chi connectivity index (χ4n) is 3.70. The molecule has 0 radical (unpaired) electrons. The van der Waals surface area contributed by atoms with Crippen LogP contribution in [0.3, 0.4) is 0 Å². The van der Waals surface area contributed by atoms with E-state index in [9.17, 15) is 4.79 Å². The molecule has 0 spiro atoms. The minimum absolute atomic E-state index is 0.00786. The predicted molar refractivity (Wildman–Crippen MR) is 81.1 cm³/mol. The molecule has 4 rings (SSSR count). The van der Waals surface area contributed by atoms with Gasteiger partial charge >= 0.3 is 0 Å². The lowest BCUT2D eigenvalue weighted by Crippen LogP contribution is -2.69. The SMILES string of the molecule is CC1(C)[C@H](NC(=O)c2ccc(Cl)cc2)C2CCN1CC2. The molecule has 1 aromatic carbocycles. The summed E-state index contributed by atoms with van der Waals surface area (Å²) in [5, 5.41) is 3.91. The van der Waals surface area contributed by atoms with E-state index >= 15 is 0 Å². The highest BCUT2D eigenvalue weighted by Crippen LogP contribution is 2.39. The first-order valence-electron chi connectivity index (χ1n) is 7.30. The van der Waals surface area contributed by atoms with Gasteiger partial charge in [-0.25, -0.2) is 0 Å². The number of fused-ring (bicyclic) bond motifs is 3. The molecule has 0 aromatic heterocycles. The molecule has 0 aliphatic carbocycles. The van der Waals surface area contributed by atoms with Gasteiger partial charge in [0.2, 0.25) is 0 Å². The highest BCUT2D eigenvalue weighted by molar-refractivity contribution is 6.30. The van der Waals surface area contributed by atoms with Gasteiger partial charge in [0.15, 0.2) is 0 Å². The predicted octanol–water partition coefficient (Wildman–Crippen LogP) is 2.94. The number of carbonyl (C=O) groups is 1. The number of hydrogen-bond acceptors (Lipinski definition) is 2. The first-order valence-corrected chi connectivity index (χ1v) is 7.68. The molecular formula is C16H21ClN2O. The van der Waals surface area contributed by atoms with Crippen LogP contribution < -0.4 is 5.32 Å². The summed E-state index contributed by atoms with van der Waals surface area (Å²) in [7, 11) is 0. The van der Waals surface area contributed by atoms with Crippen molar-refractivity contribution in [1.82, 2.24) is 10.2 Å². The number of piperidine rings is 3. The largest absolute Gasteiger partial charge is 0.347 e. The van der Waals surface area contributed by atoms with Crippen LogP contribution in [0.4, 0.5) is 0 Å². The number of carbonyl (C=O) groups excluding carboxylic acids is 1. The van der Waals surface area contributed by atoms with Crippen molar-refractivity contribution in [2.45, 2.75) is 38.3 Å². The highest BCUT2D eigenvalue weighted by Gasteiger charge is 2.48. The molecule has 1 N–H and O–H groups in total. The zero-order valence-electron chi connectivity index (χ0n) is 12.0. The smallest absolute Gasteiger partial charge is 0.251 e. The first kappa shape index (κ1) is 13.9. The van der Waals surface area contributed by atoms with E-state index in [1.54, 1.807) is 24.3 Å².